The molecule has 0 saturated carbocycles. The van der Waals surface area contributed by atoms with Gasteiger partial charge >= 0.3 is 11.9 Å². The van der Waals surface area contributed by atoms with Crippen LogP contribution in [0, 0.1) is 17.3 Å². The van der Waals surface area contributed by atoms with Crippen LogP contribution in [0.3, 0.4) is 0 Å². The molecule has 0 bridgehead atoms. The van der Waals surface area contributed by atoms with E-state index in [1.807, 2.05) is 0 Å². The highest BCUT2D eigenvalue weighted by Gasteiger charge is 2.61. The van der Waals surface area contributed by atoms with Crippen molar-refractivity contribution in [2.75, 3.05) is 0 Å². The highest BCUT2D eigenvalue weighted by atomic mass is 16.4. The van der Waals surface area contributed by atoms with Crippen LogP contribution in [0.1, 0.15) is 34.6 Å². The number of rotatable bonds is 5. The lowest BCUT2D eigenvalue weighted by Crippen LogP contribution is -2.62. The molecule has 3 N–H and O–H groups in total. The summed E-state index contributed by atoms with van der Waals surface area (Å²) < 4.78 is 0. The van der Waals surface area contributed by atoms with Gasteiger partial charge < -0.3 is 15.3 Å². The van der Waals surface area contributed by atoms with Gasteiger partial charge in [-0.2, -0.15) is 0 Å². The molecule has 0 aromatic rings. The van der Waals surface area contributed by atoms with E-state index in [0.717, 1.165) is 0 Å². The van der Waals surface area contributed by atoms with E-state index in [4.69, 9.17) is 5.11 Å². The molecule has 0 aromatic heterocycles. The van der Waals surface area contributed by atoms with E-state index < -0.39 is 34.8 Å². The third kappa shape index (κ3) is 1.80. The molecule has 94 valence electrons. The molecule has 5 nitrogen and oxygen atoms in total. The van der Waals surface area contributed by atoms with Crippen molar-refractivity contribution < 1.29 is 24.9 Å². The van der Waals surface area contributed by atoms with Gasteiger partial charge in [0.05, 0.1) is 0 Å². The summed E-state index contributed by atoms with van der Waals surface area (Å²) in [5.41, 5.74) is -4.01. The average molecular weight is 232 g/mol. The van der Waals surface area contributed by atoms with E-state index in [2.05, 4.69) is 0 Å². The van der Waals surface area contributed by atoms with Crippen molar-refractivity contribution in [2.24, 2.45) is 17.3 Å². The monoisotopic (exact) mass is 232 g/mol. The normalized spacial score (nSPS) is 19.2. The molecule has 0 saturated heterocycles. The van der Waals surface area contributed by atoms with Gasteiger partial charge in [-0.3, -0.25) is 4.79 Å². The van der Waals surface area contributed by atoms with Crippen molar-refractivity contribution in [2.45, 2.75) is 40.2 Å². The molecule has 0 spiro atoms. The number of carboxylic acid groups (broad SMARTS) is 2. The van der Waals surface area contributed by atoms with Crippen LogP contribution in [0.5, 0.6) is 0 Å². The Morgan fingerprint density at radius 2 is 1.31 bits per heavy atom. The summed E-state index contributed by atoms with van der Waals surface area (Å²) >= 11 is 0. The van der Waals surface area contributed by atoms with Gasteiger partial charge in [0.1, 0.15) is 5.41 Å². The SMILES string of the molecule is CC(C)[C@@](C)(C(=O)O)[C@](O)(C(=O)O)C(C)C. The topological polar surface area (TPSA) is 94.8 Å². The molecule has 0 amide bonds. The standard InChI is InChI=1S/C11H20O5/c1-6(2)10(5,8(12)13)11(16,7(3)4)9(14)15/h6-7,16H,1-5H3,(H,12,13)(H,14,15)/t10-,11+/m0/s1. The molecule has 0 aliphatic carbocycles. The van der Waals surface area contributed by atoms with Crippen LogP contribution in [0.25, 0.3) is 0 Å². The minimum absolute atomic E-state index is 0.506. The second-order valence-electron chi connectivity index (χ2n) is 4.89. The molecule has 16 heavy (non-hydrogen) atoms. The highest BCUT2D eigenvalue weighted by molar-refractivity contribution is 5.88. The van der Waals surface area contributed by atoms with Crippen LogP contribution < -0.4 is 0 Å². The summed E-state index contributed by atoms with van der Waals surface area (Å²) in [5, 5.41) is 28.6. The van der Waals surface area contributed by atoms with E-state index in [0.29, 0.717) is 0 Å². The Labute approximate surface area is 95.1 Å². The summed E-state index contributed by atoms with van der Waals surface area (Å²) in [5.74, 6) is -4.01. The fourth-order valence-corrected chi connectivity index (χ4v) is 1.92. The molecule has 0 fully saturated rings. The molecule has 0 aliphatic heterocycles. The molecule has 0 radical (unpaired) electrons. The van der Waals surface area contributed by atoms with E-state index in [-0.39, 0.29) is 0 Å². The van der Waals surface area contributed by atoms with Gasteiger partial charge in [-0.15, -0.1) is 0 Å². The van der Waals surface area contributed by atoms with Crippen LogP contribution in [0.15, 0.2) is 0 Å². The van der Waals surface area contributed by atoms with E-state index in [9.17, 15) is 19.8 Å². The Morgan fingerprint density at radius 3 is 1.38 bits per heavy atom. The third-order valence-electron chi connectivity index (χ3n) is 3.55. The van der Waals surface area contributed by atoms with Crippen molar-refractivity contribution in [1.29, 1.82) is 0 Å². The maximum atomic E-state index is 11.3. The van der Waals surface area contributed by atoms with Crippen molar-refractivity contribution in [1.82, 2.24) is 0 Å². The first-order valence-corrected chi connectivity index (χ1v) is 5.22. The average Bonchev–Trinajstić information content (AvgIpc) is 2.13. The van der Waals surface area contributed by atoms with Crippen molar-refractivity contribution in [3.05, 3.63) is 0 Å². The second kappa shape index (κ2) is 4.41. The summed E-state index contributed by atoms with van der Waals surface area (Å²) in [6, 6.07) is 0. The summed E-state index contributed by atoms with van der Waals surface area (Å²) in [7, 11) is 0. The fraction of sp³-hybridized carbons (Fsp3) is 0.818. The number of hydrogen-bond acceptors (Lipinski definition) is 3. The quantitative estimate of drug-likeness (QED) is 0.662. The lowest BCUT2D eigenvalue weighted by molar-refractivity contribution is -0.201. The van der Waals surface area contributed by atoms with Gasteiger partial charge in [0.15, 0.2) is 5.60 Å². The zero-order chi connectivity index (χ0) is 13.3. The van der Waals surface area contributed by atoms with E-state index in [1.54, 1.807) is 13.8 Å². The summed E-state index contributed by atoms with van der Waals surface area (Å²) in [6.07, 6.45) is 0. The van der Waals surface area contributed by atoms with Gasteiger partial charge in [0.2, 0.25) is 0 Å². The van der Waals surface area contributed by atoms with E-state index in [1.165, 1.54) is 20.8 Å². The second-order valence-corrected chi connectivity index (χ2v) is 4.89. The van der Waals surface area contributed by atoms with Crippen molar-refractivity contribution >= 4 is 11.9 Å². The van der Waals surface area contributed by atoms with E-state index >= 15 is 0 Å². The Bertz CT molecular complexity index is 267. The number of carboxylic acids is 2. The zero-order valence-corrected chi connectivity index (χ0v) is 10.3. The fourth-order valence-electron chi connectivity index (χ4n) is 1.92. The highest BCUT2D eigenvalue weighted by Crippen LogP contribution is 2.43. The molecule has 0 heterocycles. The lowest BCUT2D eigenvalue weighted by atomic mass is 9.62. The molecule has 0 unspecified atom stereocenters. The Morgan fingerprint density at radius 1 is 0.938 bits per heavy atom. The predicted octanol–water partition coefficient (Wildman–Crippen LogP) is 1.20. The van der Waals surface area contributed by atoms with Gasteiger partial charge in [0.25, 0.3) is 0 Å². The third-order valence-corrected chi connectivity index (χ3v) is 3.55. The van der Waals surface area contributed by atoms with Crippen LogP contribution >= 0.6 is 0 Å². The first-order valence-electron chi connectivity index (χ1n) is 5.22. The van der Waals surface area contributed by atoms with Gasteiger partial charge in [-0.25, -0.2) is 4.79 Å². The molecule has 0 aliphatic rings. The lowest BCUT2D eigenvalue weighted by Gasteiger charge is -2.44. The minimum Gasteiger partial charge on any atom is -0.481 e. The Balaban J connectivity index is 5.84. The summed E-state index contributed by atoms with van der Waals surface area (Å²) in [6.45, 7) is 7.44. The van der Waals surface area contributed by atoms with Gasteiger partial charge in [0, 0.05) is 0 Å². The number of aliphatic carboxylic acids is 2. The minimum atomic E-state index is -2.28. The van der Waals surface area contributed by atoms with Crippen molar-refractivity contribution in [3.8, 4) is 0 Å². The molecule has 5 heteroatoms. The smallest absolute Gasteiger partial charge is 0.337 e. The molecule has 2 atom stereocenters. The van der Waals surface area contributed by atoms with Crippen LogP contribution in [-0.4, -0.2) is 32.9 Å². The Kier molecular flexibility index (Phi) is 4.11. The summed E-state index contributed by atoms with van der Waals surface area (Å²) in [4.78, 5) is 22.5. The predicted molar refractivity (Wildman–Crippen MR) is 58.0 cm³/mol. The van der Waals surface area contributed by atoms with Crippen molar-refractivity contribution in [3.63, 3.8) is 0 Å². The van der Waals surface area contributed by atoms with Crippen LogP contribution in [-0.2, 0) is 9.59 Å². The molecule has 0 aromatic carbocycles. The maximum Gasteiger partial charge on any atom is 0.337 e. The van der Waals surface area contributed by atoms with Gasteiger partial charge in [-0.1, -0.05) is 27.7 Å². The van der Waals surface area contributed by atoms with Crippen LogP contribution in [0.2, 0.25) is 0 Å². The molecule has 0 rings (SSSR count). The largest absolute Gasteiger partial charge is 0.481 e. The number of aliphatic hydroxyl groups is 1. The first kappa shape index (κ1) is 14.9. The Hall–Kier alpha value is -1.10. The van der Waals surface area contributed by atoms with Gasteiger partial charge in [-0.05, 0) is 18.8 Å². The van der Waals surface area contributed by atoms with Crippen LogP contribution in [0.4, 0.5) is 0 Å². The molecular weight excluding hydrogens is 212 g/mol. The molecular formula is C11H20O5. The maximum absolute atomic E-state index is 11.3. The zero-order valence-electron chi connectivity index (χ0n) is 10.3. The number of hydrogen-bond donors (Lipinski definition) is 3. The first-order chi connectivity index (χ1) is 7.02. The number of carbonyl (C=O) groups is 2.